The van der Waals surface area contributed by atoms with Gasteiger partial charge < -0.3 is 0 Å². The molecule has 0 N–H and O–H groups in total. The molecule has 1 heteroatoms. The van der Waals surface area contributed by atoms with Crippen LogP contribution in [-0.2, 0) is 6.42 Å². The van der Waals surface area contributed by atoms with Crippen LogP contribution in [0.25, 0.3) is 6.08 Å². The van der Waals surface area contributed by atoms with Gasteiger partial charge in [0.1, 0.15) is 0 Å². The minimum atomic E-state index is 0.360. The van der Waals surface area contributed by atoms with E-state index in [9.17, 15) is 0 Å². The minimum absolute atomic E-state index is 0.360. The number of fused-ring (bicyclic) bond motifs is 1. The van der Waals surface area contributed by atoms with Gasteiger partial charge in [-0.25, -0.2) is 0 Å². The van der Waals surface area contributed by atoms with E-state index in [1.165, 1.54) is 16.7 Å². The molecule has 0 aliphatic carbocycles. The average molecular weight is 233 g/mol. The molecule has 1 aliphatic rings. The van der Waals surface area contributed by atoms with Gasteiger partial charge in [-0.05, 0) is 29.2 Å². The largest absolute Gasteiger partial charge is 0.268 e. The Morgan fingerprint density at radius 3 is 2.56 bits per heavy atom. The molecule has 0 fully saturated rings. The van der Waals surface area contributed by atoms with Crippen LogP contribution in [0.4, 0.5) is 0 Å². The highest BCUT2D eigenvalue weighted by atomic mass is 14.7. The molecule has 2 aromatic carbocycles. The van der Waals surface area contributed by atoms with Gasteiger partial charge in [0.05, 0.1) is 0 Å². The van der Waals surface area contributed by atoms with Crippen LogP contribution < -0.4 is 0 Å². The smallest absolute Gasteiger partial charge is 0.0270 e. The van der Waals surface area contributed by atoms with Crippen LogP contribution in [0.2, 0.25) is 0 Å². The number of hydrogen-bond donors (Lipinski definition) is 0. The first-order valence-electron chi connectivity index (χ1n) is 6.26. The Morgan fingerprint density at radius 1 is 0.889 bits per heavy atom. The van der Waals surface area contributed by atoms with Crippen molar-refractivity contribution in [2.75, 3.05) is 0 Å². The summed E-state index contributed by atoms with van der Waals surface area (Å²) in [6, 6.07) is 19.1. The third-order valence-corrected chi connectivity index (χ3v) is 3.30. The Kier molecular flexibility index (Phi) is 3.05. The zero-order valence-corrected chi connectivity index (χ0v) is 10.2. The molecular weight excluding hydrogens is 218 g/mol. The van der Waals surface area contributed by atoms with Crippen LogP contribution in [0.1, 0.15) is 22.6 Å². The highest BCUT2D eigenvalue weighted by molar-refractivity contribution is 5.75. The maximum Gasteiger partial charge on any atom is 0.0270 e. The van der Waals surface area contributed by atoms with E-state index in [0.717, 1.165) is 6.42 Å². The SMILES string of the molecule is C1=Cc2ccccc2C(Cc2ccccc2)C=N1. The highest BCUT2D eigenvalue weighted by Gasteiger charge is 2.13. The van der Waals surface area contributed by atoms with Crippen molar-refractivity contribution >= 4 is 12.3 Å². The summed E-state index contributed by atoms with van der Waals surface area (Å²) >= 11 is 0. The van der Waals surface area contributed by atoms with Crippen molar-refractivity contribution in [1.29, 1.82) is 0 Å². The van der Waals surface area contributed by atoms with E-state index >= 15 is 0 Å². The Morgan fingerprint density at radius 2 is 1.67 bits per heavy atom. The van der Waals surface area contributed by atoms with Crippen molar-refractivity contribution in [3.05, 3.63) is 77.5 Å². The van der Waals surface area contributed by atoms with Crippen LogP contribution in [0.5, 0.6) is 0 Å². The Hall–Kier alpha value is -2.15. The molecule has 1 nitrogen and oxygen atoms in total. The molecule has 0 bridgehead atoms. The van der Waals surface area contributed by atoms with Gasteiger partial charge in [-0.1, -0.05) is 54.6 Å². The fourth-order valence-corrected chi connectivity index (χ4v) is 2.39. The first kappa shape index (κ1) is 11.0. The van der Waals surface area contributed by atoms with Crippen molar-refractivity contribution in [3.63, 3.8) is 0 Å². The van der Waals surface area contributed by atoms with E-state index in [2.05, 4.69) is 71.9 Å². The van der Waals surface area contributed by atoms with Crippen LogP contribution in [0.15, 0.2) is 65.8 Å². The maximum atomic E-state index is 4.36. The van der Waals surface area contributed by atoms with E-state index in [1.807, 2.05) is 6.20 Å². The predicted molar refractivity (Wildman–Crippen MR) is 76.9 cm³/mol. The summed E-state index contributed by atoms with van der Waals surface area (Å²) in [5, 5.41) is 0. The van der Waals surface area contributed by atoms with Gasteiger partial charge in [-0.15, -0.1) is 0 Å². The van der Waals surface area contributed by atoms with Crippen molar-refractivity contribution in [2.24, 2.45) is 4.99 Å². The molecule has 0 saturated carbocycles. The second-order valence-corrected chi connectivity index (χ2v) is 4.54. The molecule has 0 amide bonds. The Labute approximate surface area is 108 Å². The molecule has 1 heterocycles. The lowest BCUT2D eigenvalue weighted by Crippen LogP contribution is -2.05. The summed E-state index contributed by atoms with van der Waals surface area (Å²) in [7, 11) is 0. The third kappa shape index (κ3) is 2.25. The van der Waals surface area contributed by atoms with Gasteiger partial charge in [-0.2, -0.15) is 0 Å². The van der Waals surface area contributed by atoms with Crippen molar-refractivity contribution in [2.45, 2.75) is 12.3 Å². The quantitative estimate of drug-likeness (QED) is 0.741. The summed E-state index contributed by atoms with van der Waals surface area (Å²) in [6.45, 7) is 0. The summed E-state index contributed by atoms with van der Waals surface area (Å²) < 4.78 is 0. The summed E-state index contributed by atoms with van der Waals surface area (Å²) in [6.07, 6.45) is 7.01. The van der Waals surface area contributed by atoms with E-state index < -0.39 is 0 Å². The molecular formula is C17H15N. The standard InChI is InChI=1S/C17H15N/c1-2-6-14(7-3-1)12-16-13-18-11-10-15-8-4-5-9-17(15)16/h1-11,13,16H,12H2. The highest BCUT2D eigenvalue weighted by Crippen LogP contribution is 2.25. The van der Waals surface area contributed by atoms with Gasteiger partial charge in [-0.3, -0.25) is 4.99 Å². The molecule has 1 atom stereocenters. The second-order valence-electron chi connectivity index (χ2n) is 4.54. The van der Waals surface area contributed by atoms with Gasteiger partial charge >= 0.3 is 0 Å². The number of nitrogens with zero attached hydrogens (tertiary/aromatic N) is 1. The molecule has 0 radical (unpaired) electrons. The molecule has 1 aliphatic heterocycles. The molecule has 0 aromatic heterocycles. The van der Waals surface area contributed by atoms with E-state index in [-0.39, 0.29) is 0 Å². The fraction of sp³-hybridized carbons (Fsp3) is 0.118. The van der Waals surface area contributed by atoms with Gasteiger partial charge in [0.25, 0.3) is 0 Å². The third-order valence-electron chi connectivity index (χ3n) is 3.30. The van der Waals surface area contributed by atoms with Gasteiger partial charge in [0, 0.05) is 18.3 Å². The fourth-order valence-electron chi connectivity index (χ4n) is 2.39. The summed E-state index contributed by atoms with van der Waals surface area (Å²) in [5.41, 5.74) is 3.99. The Balaban J connectivity index is 1.94. The number of hydrogen-bond acceptors (Lipinski definition) is 1. The number of benzene rings is 2. The first-order chi connectivity index (χ1) is 8.93. The zero-order valence-electron chi connectivity index (χ0n) is 10.2. The lowest BCUT2D eigenvalue weighted by molar-refractivity contribution is 0.892. The number of rotatable bonds is 2. The molecule has 18 heavy (non-hydrogen) atoms. The normalized spacial score (nSPS) is 17.2. The second kappa shape index (κ2) is 5.01. The zero-order chi connectivity index (χ0) is 12.2. The van der Waals surface area contributed by atoms with Gasteiger partial charge in [0.15, 0.2) is 0 Å². The molecule has 3 rings (SSSR count). The van der Waals surface area contributed by atoms with Gasteiger partial charge in [0.2, 0.25) is 0 Å². The van der Waals surface area contributed by atoms with Crippen LogP contribution in [0, 0.1) is 0 Å². The first-order valence-corrected chi connectivity index (χ1v) is 6.26. The molecule has 0 spiro atoms. The van der Waals surface area contributed by atoms with Crippen molar-refractivity contribution in [3.8, 4) is 0 Å². The molecule has 1 unspecified atom stereocenters. The maximum absolute atomic E-state index is 4.36. The average Bonchev–Trinajstić information content (AvgIpc) is 2.63. The van der Waals surface area contributed by atoms with Crippen molar-refractivity contribution in [1.82, 2.24) is 0 Å². The lowest BCUT2D eigenvalue weighted by atomic mass is 9.90. The topological polar surface area (TPSA) is 12.4 Å². The molecule has 0 saturated heterocycles. The minimum Gasteiger partial charge on any atom is -0.268 e. The predicted octanol–water partition coefficient (Wildman–Crippen LogP) is 4.07. The van der Waals surface area contributed by atoms with E-state index in [1.54, 1.807) is 0 Å². The summed E-state index contributed by atoms with van der Waals surface area (Å²) in [4.78, 5) is 4.36. The van der Waals surface area contributed by atoms with Crippen LogP contribution in [-0.4, -0.2) is 6.21 Å². The monoisotopic (exact) mass is 233 g/mol. The number of aliphatic imine (C=N–C) groups is 1. The molecule has 2 aromatic rings. The lowest BCUT2D eigenvalue weighted by Gasteiger charge is -2.14. The van der Waals surface area contributed by atoms with Crippen molar-refractivity contribution < 1.29 is 0 Å². The van der Waals surface area contributed by atoms with Crippen LogP contribution in [0.3, 0.4) is 0 Å². The van der Waals surface area contributed by atoms with E-state index in [4.69, 9.17) is 0 Å². The summed E-state index contributed by atoms with van der Waals surface area (Å²) in [5.74, 6) is 0.360. The Bertz CT molecular complexity index is 582. The molecule has 88 valence electrons. The van der Waals surface area contributed by atoms with E-state index in [0.29, 0.717) is 5.92 Å². The van der Waals surface area contributed by atoms with Crippen LogP contribution >= 0.6 is 0 Å².